The molecule has 0 aromatic carbocycles. The molecule has 0 radical (unpaired) electrons. The van der Waals surface area contributed by atoms with E-state index < -0.39 is 0 Å². The number of nitrogens with zero attached hydrogens (tertiary/aromatic N) is 3. The number of fused-ring (bicyclic) bond motifs is 1. The van der Waals surface area contributed by atoms with Crippen LogP contribution in [-0.4, -0.2) is 15.4 Å². The zero-order valence-electron chi connectivity index (χ0n) is 5.40. The average molecular weight is 135 g/mol. The Kier molecular flexibility index (Phi) is 0.943. The van der Waals surface area contributed by atoms with Crippen molar-refractivity contribution < 1.29 is 4.52 Å². The first-order chi connectivity index (χ1) is 4.88. The van der Waals surface area contributed by atoms with E-state index >= 15 is 0 Å². The summed E-state index contributed by atoms with van der Waals surface area (Å²) in [6.07, 6.45) is 3.32. The summed E-state index contributed by atoms with van der Waals surface area (Å²) < 4.78 is 4.78. The van der Waals surface area contributed by atoms with Crippen LogP contribution in [-0.2, 0) is 0 Å². The lowest BCUT2D eigenvalue weighted by Gasteiger charge is -1.86. The van der Waals surface area contributed by atoms with Crippen molar-refractivity contribution in [3.63, 3.8) is 0 Å². The van der Waals surface area contributed by atoms with E-state index in [-0.39, 0.29) is 0 Å². The fraction of sp³-hybridized carbons (Fsp3) is 0.167. The van der Waals surface area contributed by atoms with Crippen LogP contribution in [0.3, 0.4) is 0 Å². The maximum Gasteiger partial charge on any atom is 0.276 e. The number of aryl methyl sites for hydroxylation is 1. The van der Waals surface area contributed by atoms with Crippen molar-refractivity contribution in [3.8, 4) is 0 Å². The lowest BCUT2D eigenvalue weighted by atomic mass is 10.3. The van der Waals surface area contributed by atoms with Gasteiger partial charge in [0.05, 0.1) is 17.8 Å². The van der Waals surface area contributed by atoms with Crippen LogP contribution in [0, 0.1) is 6.92 Å². The number of rotatable bonds is 0. The van der Waals surface area contributed by atoms with Gasteiger partial charge in [0.25, 0.3) is 5.71 Å². The largest absolute Gasteiger partial charge is 0.334 e. The maximum atomic E-state index is 4.78. The van der Waals surface area contributed by atoms with Gasteiger partial charge in [-0.2, -0.15) is 5.10 Å². The predicted molar refractivity (Wildman–Crippen MR) is 34.3 cm³/mol. The summed E-state index contributed by atoms with van der Waals surface area (Å²) in [6.45, 7) is 1.94. The monoisotopic (exact) mass is 135 g/mol. The Balaban J connectivity index is 2.95. The molecule has 4 heteroatoms. The standard InChI is InChI=1S/C6H5N3O/c1-4-2-7-9-6-5(4)3-8-10-6/h2-3H,1H3. The molecule has 0 aliphatic heterocycles. The van der Waals surface area contributed by atoms with Crippen molar-refractivity contribution >= 4 is 11.1 Å². The van der Waals surface area contributed by atoms with Gasteiger partial charge in [-0.05, 0) is 12.5 Å². The van der Waals surface area contributed by atoms with Gasteiger partial charge in [0.2, 0.25) is 0 Å². The lowest BCUT2D eigenvalue weighted by Crippen LogP contribution is -1.81. The van der Waals surface area contributed by atoms with E-state index in [0.717, 1.165) is 10.9 Å². The minimum Gasteiger partial charge on any atom is -0.334 e. The van der Waals surface area contributed by atoms with Gasteiger partial charge in [-0.25, -0.2) is 0 Å². The Bertz CT molecular complexity index is 355. The predicted octanol–water partition coefficient (Wildman–Crippen LogP) is 0.926. The second-order valence-corrected chi connectivity index (χ2v) is 2.07. The van der Waals surface area contributed by atoms with Gasteiger partial charge < -0.3 is 4.52 Å². The zero-order valence-corrected chi connectivity index (χ0v) is 5.40. The van der Waals surface area contributed by atoms with Gasteiger partial charge in [-0.1, -0.05) is 5.16 Å². The third kappa shape index (κ3) is 0.586. The first kappa shape index (κ1) is 5.34. The fourth-order valence-electron chi connectivity index (χ4n) is 0.813. The maximum absolute atomic E-state index is 4.78. The molecule has 0 saturated heterocycles. The van der Waals surface area contributed by atoms with Crippen LogP contribution in [0.15, 0.2) is 16.9 Å². The van der Waals surface area contributed by atoms with Gasteiger partial charge in [-0.15, -0.1) is 5.10 Å². The van der Waals surface area contributed by atoms with Crippen LogP contribution in [0.25, 0.3) is 11.1 Å². The Morgan fingerprint density at radius 3 is 3.10 bits per heavy atom. The number of hydrogen-bond acceptors (Lipinski definition) is 4. The Morgan fingerprint density at radius 1 is 1.40 bits per heavy atom. The summed E-state index contributed by atoms with van der Waals surface area (Å²) >= 11 is 0. The molecule has 10 heavy (non-hydrogen) atoms. The highest BCUT2D eigenvalue weighted by molar-refractivity contribution is 5.74. The molecule has 2 aromatic heterocycles. The third-order valence-corrected chi connectivity index (χ3v) is 1.38. The molecular weight excluding hydrogens is 130 g/mol. The van der Waals surface area contributed by atoms with Crippen molar-refractivity contribution in [2.45, 2.75) is 6.92 Å². The normalized spacial score (nSPS) is 10.5. The van der Waals surface area contributed by atoms with Crippen molar-refractivity contribution in [2.24, 2.45) is 0 Å². The molecule has 50 valence electrons. The van der Waals surface area contributed by atoms with Crippen LogP contribution in [0.5, 0.6) is 0 Å². The molecule has 2 rings (SSSR count). The number of hydrogen-bond donors (Lipinski definition) is 0. The molecular formula is C6H5N3O. The van der Waals surface area contributed by atoms with Crippen LogP contribution in [0.4, 0.5) is 0 Å². The molecule has 2 heterocycles. The smallest absolute Gasteiger partial charge is 0.276 e. The second kappa shape index (κ2) is 1.76. The molecule has 0 aliphatic carbocycles. The van der Waals surface area contributed by atoms with E-state index in [1.54, 1.807) is 12.4 Å². The van der Waals surface area contributed by atoms with E-state index in [1.807, 2.05) is 6.92 Å². The quantitative estimate of drug-likeness (QED) is 0.539. The SMILES string of the molecule is Cc1cnnc2oncc12. The first-order valence-corrected chi connectivity index (χ1v) is 2.90. The van der Waals surface area contributed by atoms with Crippen LogP contribution in [0.2, 0.25) is 0 Å². The van der Waals surface area contributed by atoms with Crippen molar-refractivity contribution in [1.29, 1.82) is 0 Å². The summed E-state index contributed by atoms with van der Waals surface area (Å²) in [7, 11) is 0. The molecule has 0 spiro atoms. The molecule has 0 amide bonds. The molecule has 0 fully saturated rings. The minimum absolute atomic E-state index is 0.500. The van der Waals surface area contributed by atoms with Gasteiger partial charge in [0.15, 0.2) is 0 Å². The third-order valence-electron chi connectivity index (χ3n) is 1.38. The van der Waals surface area contributed by atoms with Gasteiger partial charge in [-0.3, -0.25) is 0 Å². The fourth-order valence-corrected chi connectivity index (χ4v) is 0.813. The second-order valence-electron chi connectivity index (χ2n) is 2.07. The minimum atomic E-state index is 0.500. The molecule has 0 atom stereocenters. The van der Waals surface area contributed by atoms with E-state index in [0.29, 0.717) is 5.71 Å². The summed E-state index contributed by atoms with van der Waals surface area (Å²) in [4.78, 5) is 0. The van der Waals surface area contributed by atoms with Crippen molar-refractivity contribution in [3.05, 3.63) is 18.0 Å². The summed E-state index contributed by atoms with van der Waals surface area (Å²) in [5.74, 6) is 0. The van der Waals surface area contributed by atoms with E-state index in [2.05, 4.69) is 15.4 Å². The summed E-state index contributed by atoms with van der Waals surface area (Å²) in [6, 6.07) is 0. The van der Waals surface area contributed by atoms with Crippen LogP contribution >= 0.6 is 0 Å². The Morgan fingerprint density at radius 2 is 2.30 bits per heavy atom. The van der Waals surface area contributed by atoms with Gasteiger partial charge in [0, 0.05) is 0 Å². The molecule has 2 aromatic rings. The topological polar surface area (TPSA) is 51.8 Å². The summed E-state index contributed by atoms with van der Waals surface area (Å²) in [5.41, 5.74) is 1.53. The van der Waals surface area contributed by atoms with Gasteiger partial charge in [0.1, 0.15) is 0 Å². The highest BCUT2D eigenvalue weighted by atomic mass is 16.5. The van der Waals surface area contributed by atoms with Crippen LogP contribution < -0.4 is 0 Å². The lowest BCUT2D eigenvalue weighted by molar-refractivity contribution is 0.446. The molecule has 4 nitrogen and oxygen atoms in total. The van der Waals surface area contributed by atoms with Crippen molar-refractivity contribution in [2.75, 3.05) is 0 Å². The Labute approximate surface area is 56.9 Å². The van der Waals surface area contributed by atoms with E-state index in [9.17, 15) is 0 Å². The highest BCUT2D eigenvalue weighted by Crippen LogP contribution is 2.11. The first-order valence-electron chi connectivity index (χ1n) is 2.90. The van der Waals surface area contributed by atoms with Crippen molar-refractivity contribution in [1.82, 2.24) is 15.4 Å². The van der Waals surface area contributed by atoms with Crippen LogP contribution in [0.1, 0.15) is 5.56 Å². The molecule has 0 N–H and O–H groups in total. The molecule has 0 saturated carbocycles. The summed E-state index contributed by atoms with van der Waals surface area (Å²) in [5, 5.41) is 11.9. The molecule has 0 bridgehead atoms. The van der Waals surface area contributed by atoms with E-state index in [1.165, 1.54) is 0 Å². The zero-order chi connectivity index (χ0) is 6.97. The molecule has 0 aliphatic rings. The highest BCUT2D eigenvalue weighted by Gasteiger charge is 2.00. The average Bonchev–Trinajstić information content (AvgIpc) is 2.36. The molecule has 0 unspecified atom stereocenters. The Hall–Kier alpha value is -1.45. The van der Waals surface area contributed by atoms with Gasteiger partial charge >= 0.3 is 0 Å². The number of aromatic nitrogens is 3. The van der Waals surface area contributed by atoms with E-state index in [4.69, 9.17) is 4.52 Å².